The van der Waals surface area contributed by atoms with Crippen LogP contribution in [-0.2, 0) is 45.1 Å². The summed E-state index contributed by atoms with van der Waals surface area (Å²) in [5.74, 6) is -2.01. The molecule has 0 aliphatic carbocycles. The smallest absolute Gasteiger partial charge is 0.460 e. The third kappa shape index (κ3) is 7.96. The average Bonchev–Trinajstić information content (AvgIpc) is 2.96. The maximum absolute atomic E-state index is 13.9. The Balaban J connectivity index is 1.68. The largest absolute Gasteiger partial charge is 0.573 e. The lowest BCUT2D eigenvalue weighted by molar-refractivity contribution is -0.274. The van der Waals surface area contributed by atoms with Gasteiger partial charge in [-0.1, -0.05) is 103 Å². The molecule has 4 rings (SSSR count). The molecule has 0 heterocycles. The minimum absolute atomic E-state index is 0.0457. The van der Waals surface area contributed by atoms with E-state index in [-0.39, 0.29) is 26.1 Å². The predicted octanol–water partition coefficient (Wildman–Crippen LogP) is 6.84. The van der Waals surface area contributed by atoms with E-state index in [9.17, 15) is 22.8 Å². The van der Waals surface area contributed by atoms with Crippen LogP contribution in [0.15, 0.2) is 115 Å². The summed E-state index contributed by atoms with van der Waals surface area (Å²) >= 11 is 0. The summed E-state index contributed by atoms with van der Waals surface area (Å²) in [4.78, 5) is 27.7. The van der Waals surface area contributed by atoms with E-state index in [2.05, 4.69) is 4.74 Å². The van der Waals surface area contributed by atoms with Gasteiger partial charge in [0.25, 0.3) is 0 Å². The van der Waals surface area contributed by atoms with E-state index in [0.717, 1.165) is 23.3 Å². The molecule has 0 radical (unpaired) electrons. The van der Waals surface area contributed by atoms with E-state index in [1.54, 1.807) is 72.8 Å². The summed E-state index contributed by atoms with van der Waals surface area (Å²) in [6.45, 7) is -0.138. The molecule has 0 aliphatic heterocycles. The highest BCUT2D eigenvalue weighted by atomic mass is 19.4. The monoisotopic (exact) mass is 548 g/mol. The number of carbonyl (C=O) groups is 2. The first-order chi connectivity index (χ1) is 19.2. The molecule has 0 bridgehead atoms. The molecule has 4 aromatic carbocycles. The van der Waals surface area contributed by atoms with Crippen molar-refractivity contribution in [3.8, 4) is 5.75 Å². The number of esters is 2. The van der Waals surface area contributed by atoms with Crippen molar-refractivity contribution in [3.63, 3.8) is 0 Å². The fraction of sp³-hybridized carbons (Fsp3) is 0.188. The first-order valence-corrected chi connectivity index (χ1v) is 12.5. The third-order valence-corrected chi connectivity index (χ3v) is 6.22. The molecular weight excluding hydrogens is 521 g/mol. The number of hydrogen-bond donors (Lipinski definition) is 0. The Bertz CT molecular complexity index is 1320. The average molecular weight is 549 g/mol. The molecule has 0 unspecified atom stereocenters. The van der Waals surface area contributed by atoms with Gasteiger partial charge < -0.3 is 14.2 Å². The van der Waals surface area contributed by atoms with Crippen molar-refractivity contribution >= 4 is 11.9 Å². The number of rotatable bonds is 11. The van der Waals surface area contributed by atoms with Crippen LogP contribution < -0.4 is 4.74 Å². The first kappa shape index (κ1) is 28.4. The van der Waals surface area contributed by atoms with Crippen molar-refractivity contribution in [3.05, 3.63) is 138 Å². The zero-order valence-corrected chi connectivity index (χ0v) is 21.5. The Morgan fingerprint density at radius 2 is 0.900 bits per heavy atom. The molecule has 0 fully saturated rings. The maximum Gasteiger partial charge on any atom is 0.573 e. The van der Waals surface area contributed by atoms with Gasteiger partial charge in [0.05, 0.1) is 0 Å². The van der Waals surface area contributed by atoms with Crippen LogP contribution in [0.4, 0.5) is 13.2 Å². The number of ether oxygens (including phenoxy) is 3. The molecule has 40 heavy (non-hydrogen) atoms. The van der Waals surface area contributed by atoms with Gasteiger partial charge in [0.2, 0.25) is 0 Å². The quantitative estimate of drug-likeness (QED) is 0.152. The van der Waals surface area contributed by atoms with Gasteiger partial charge in [-0.2, -0.15) is 0 Å². The van der Waals surface area contributed by atoms with Gasteiger partial charge in [0, 0.05) is 0 Å². The topological polar surface area (TPSA) is 61.8 Å². The van der Waals surface area contributed by atoms with Crippen LogP contribution in [0, 0.1) is 5.41 Å². The van der Waals surface area contributed by atoms with Gasteiger partial charge in [-0.25, -0.2) is 0 Å². The van der Waals surface area contributed by atoms with E-state index in [1.165, 1.54) is 12.1 Å². The van der Waals surface area contributed by atoms with E-state index < -0.39 is 29.5 Å². The zero-order chi connectivity index (χ0) is 28.4. The van der Waals surface area contributed by atoms with Crippen molar-refractivity contribution in [2.24, 2.45) is 5.41 Å². The van der Waals surface area contributed by atoms with Crippen LogP contribution in [0.2, 0.25) is 0 Å². The van der Waals surface area contributed by atoms with Gasteiger partial charge in [-0.05, 0) is 47.2 Å². The van der Waals surface area contributed by atoms with Crippen molar-refractivity contribution in [1.29, 1.82) is 0 Å². The molecule has 8 heteroatoms. The second-order valence-corrected chi connectivity index (χ2v) is 9.24. The van der Waals surface area contributed by atoms with Crippen LogP contribution in [0.25, 0.3) is 0 Å². The Labute approximate surface area is 230 Å². The van der Waals surface area contributed by atoms with Gasteiger partial charge in [0.15, 0.2) is 5.41 Å². The minimum Gasteiger partial charge on any atom is -0.460 e. The minimum atomic E-state index is -4.85. The van der Waals surface area contributed by atoms with E-state index in [0.29, 0.717) is 11.1 Å². The van der Waals surface area contributed by atoms with Gasteiger partial charge in [-0.15, -0.1) is 13.2 Å². The van der Waals surface area contributed by atoms with Crippen LogP contribution >= 0.6 is 0 Å². The summed E-state index contributed by atoms with van der Waals surface area (Å²) in [5.41, 5.74) is 0.760. The summed E-state index contributed by atoms with van der Waals surface area (Å²) < 4.78 is 53.4. The van der Waals surface area contributed by atoms with Crippen molar-refractivity contribution in [2.45, 2.75) is 32.4 Å². The SMILES string of the molecule is O=C(OCc1ccccc1)C(Cc1ccccc1)(Cc1ccc(OC(F)(F)F)cc1)C(=O)OCc1ccccc1. The Hall–Kier alpha value is -4.59. The van der Waals surface area contributed by atoms with E-state index >= 15 is 0 Å². The number of alkyl halides is 3. The predicted molar refractivity (Wildman–Crippen MR) is 142 cm³/mol. The Morgan fingerprint density at radius 1 is 0.525 bits per heavy atom. The second-order valence-electron chi connectivity index (χ2n) is 9.24. The van der Waals surface area contributed by atoms with Crippen molar-refractivity contribution in [1.82, 2.24) is 0 Å². The van der Waals surface area contributed by atoms with Gasteiger partial charge in [0.1, 0.15) is 19.0 Å². The molecule has 0 atom stereocenters. The van der Waals surface area contributed by atoms with Crippen LogP contribution in [0.5, 0.6) is 5.75 Å². The molecule has 0 amide bonds. The number of hydrogen-bond acceptors (Lipinski definition) is 5. The van der Waals surface area contributed by atoms with Crippen molar-refractivity contribution in [2.75, 3.05) is 0 Å². The summed E-state index contributed by atoms with van der Waals surface area (Å²) in [6, 6.07) is 32.0. The number of halogens is 3. The standard InChI is InChI=1S/C32H27F3O5/c33-32(34,35)40-28-18-16-25(17-19-28)21-31(20-24-10-4-1-5-11-24,29(36)38-22-26-12-6-2-7-13-26)30(37)39-23-27-14-8-3-9-15-27/h1-19H,20-23H2. The highest BCUT2D eigenvalue weighted by molar-refractivity contribution is 6.00. The van der Waals surface area contributed by atoms with E-state index in [4.69, 9.17) is 9.47 Å². The van der Waals surface area contributed by atoms with Gasteiger partial charge in [-0.3, -0.25) is 9.59 Å². The molecular formula is C32H27F3O5. The Kier molecular flexibility index (Phi) is 9.22. The molecule has 0 spiro atoms. The molecule has 5 nitrogen and oxygen atoms in total. The van der Waals surface area contributed by atoms with Crippen molar-refractivity contribution < 1.29 is 37.0 Å². The second kappa shape index (κ2) is 13.0. The highest BCUT2D eigenvalue weighted by Gasteiger charge is 2.49. The first-order valence-electron chi connectivity index (χ1n) is 12.5. The van der Waals surface area contributed by atoms with E-state index in [1.807, 2.05) is 18.2 Å². The molecule has 206 valence electrons. The summed E-state index contributed by atoms with van der Waals surface area (Å²) in [5, 5.41) is 0. The molecule has 0 N–H and O–H groups in total. The number of carbonyl (C=O) groups excluding carboxylic acids is 2. The molecule has 4 aromatic rings. The lowest BCUT2D eigenvalue weighted by Gasteiger charge is -2.30. The molecule has 0 saturated carbocycles. The highest BCUT2D eigenvalue weighted by Crippen LogP contribution is 2.34. The normalized spacial score (nSPS) is 11.5. The fourth-order valence-electron chi connectivity index (χ4n) is 4.26. The fourth-order valence-corrected chi connectivity index (χ4v) is 4.26. The van der Waals surface area contributed by atoms with Crippen LogP contribution in [-0.4, -0.2) is 18.3 Å². The molecule has 0 saturated heterocycles. The summed E-state index contributed by atoms with van der Waals surface area (Å²) in [6.07, 6.45) is -5.06. The lowest BCUT2D eigenvalue weighted by Crippen LogP contribution is -2.45. The molecule has 0 aromatic heterocycles. The number of benzene rings is 4. The maximum atomic E-state index is 13.9. The zero-order valence-electron chi connectivity index (χ0n) is 21.5. The molecule has 0 aliphatic rings. The van der Waals surface area contributed by atoms with Gasteiger partial charge >= 0.3 is 18.3 Å². The Morgan fingerprint density at radius 3 is 1.30 bits per heavy atom. The third-order valence-electron chi connectivity index (χ3n) is 6.22. The van der Waals surface area contributed by atoms with Crippen LogP contribution in [0.1, 0.15) is 22.3 Å². The summed E-state index contributed by atoms with van der Waals surface area (Å²) in [7, 11) is 0. The lowest BCUT2D eigenvalue weighted by atomic mass is 9.76. The van der Waals surface area contributed by atoms with Crippen LogP contribution in [0.3, 0.4) is 0 Å².